The van der Waals surface area contributed by atoms with E-state index in [1.165, 1.54) is 48.4 Å². The van der Waals surface area contributed by atoms with Crippen LogP contribution in [0.15, 0.2) is 71.6 Å². The molecule has 3 aromatic rings. The number of sulfonamides is 1. The second kappa shape index (κ2) is 14.5. The van der Waals surface area contributed by atoms with E-state index in [0.717, 1.165) is 29.3 Å². The first-order chi connectivity index (χ1) is 19.5. The number of amides is 2. The molecule has 3 aromatic carbocycles. The molecular formula is C29H32Cl2FN3O5S. The highest BCUT2D eigenvalue weighted by atomic mass is 35.5. The van der Waals surface area contributed by atoms with Crippen molar-refractivity contribution >= 4 is 50.7 Å². The Morgan fingerprint density at radius 2 is 1.61 bits per heavy atom. The molecule has 0 radical (unpaired) electrons. The van der Waals surface area contributed by atoms with Crippen molar-refractivity contribution in [3.8, 4) is 5.75 Å². The number of hydrogen-bond acceptors (Lipinski definition) is 5. The van der Waals surface area contributed by atoms with Crippen molar-refractivity contribution in [1.29, 1.82) is 0 Å². The second-order valence-electron chi connectivity index (χ2n) is 9.21. The van der Waals surface area contributed by atoms with Gasteiger partial charge in [-0.3, -0.25) is 13.9 Å². The summed E-state index contributed by atoms with van der Waals surface area (Å²) in [5.41, 5.74) is 0.468. The van der Waals surface area contributed by atoms with E-state index in [2.05, 4.69) is 5.32 Å². The van der Waals surface area contributed by atoms with Gasteiger partial charge in [0.1, 0.15) is 24.2 Å². The van der Waals surface area contributed by atoms with Crippen LogP contribution in [-0.2, 0) is 26.2 Å². The van der Waals surface area contributed by atoms with Crippen LogP contribution in [-0.4, -0.2) is 51.4 Å². The van der Waals surface area contributed by atoms with Crippen LogP contribution in [0, 0.1) is 5.82 Å². The lowest BCUT2D eigenvalue weighted by Gasteiger charge is -2.32. The molecule has 8 nitrogen and oxygen atoms in total. The Morgan fingerprint density at radius 3 is 2.17 bits per heavy atom. The number of hydrogen-bond donors (Lipinski definition) is 1. The summed E-state index contributed by atoms with van der Waals surface area (Å²) in [6, 6.07) is 14.2. The van der Waals surface area contributed by atoms with Gasteiger partial charge in [-0.2, -0.15) is 0 Å². The van der Waals surface area contributed by atoms with Crippen LogP contribution in [0.4, 0.5) is 10.1 Å². The molecule has 0 bridgehead atoms. The summed E-state index contributed by atoms with van der Waals surface area (Å²) in [6.45, 7) is 3.11. The number of ether oxygens (including phenoxy) is 1. The predicted octanol–water partition coefficient (Wildman–Crippen LogP) is 5.67. The average Bonchev–Trinajstić information content (AvgIpc) is 2.96. The third-order valence-corrected chi connectivity index (χ3v) is 8.92. The van der Waals surface area contributed by atoms with E-state index in [1.54, 1.807) is 25.1 Å². The first-order valence-corrected chi connectivity index (χ1v) is 15.1. The van der Waals surface area contributed by atoms with E-state index < -0.39 is 40.2 Å². The Balaban J connectivity index is 2.03. The van der Waals surface area contributed by atoms with E-state index in [9.17, 15) is 22.4 Å². The monoisotopic (exact) mass is 623 g/mol. The maximum atomic E-state index is 13.9. The highest BCUT2D eigenvalue weighted by Gasteiger charge is 2.33. The van der Waals surface area contributed by atoms with Gasteiger partial charge in [-0.15, -0.1) is 0 Å². The molecule has 0 spiro atoms. The standard InChI is InChI=1S/C29H32Cl2FN3O5S/c1-4-5-17-33-29(37)20(2)34(18-25-26(30)7-6-8-27(25)31)28(36)19-35(22-11-9-21(32)10-12-22)41(38,39)24-15-13-23(40-3)14-16-24/h6-16,20H,4-5,17-19H2,1-3H3,(H,33,37)/t20-/m0/s1. The lowest BCUT2D eigenvalue weighted by molar-refractivity contribution is -0.139. The van der Waals surface area contributed by atoms with Gasteiger partial charge in [0, 0.05) is 28.7 Å². The molecule has 1 atom stereocenters. The van der Waals surface area contributed by atoms with Crippen LogP contribution < -0.4 is 14.4 Å². The lowest BCUT2D eigenvalue weighted by Crippen LogP contribution is -2.51. The molecule has 0 aliphatic carbocycles. The topological polar surface area (TPSA) is 96.0 Å². The number of carbonyl (C=O) groups excluding carboxylic acids is 2. The molecule has 0 aliphatic heterocycles. The molecule has 0 fully saturated rings. The van der Waals surface area contributed by atoms with Crippen LogP contribution >= 0.6 is 23.2 Å². The van der Waals surface area contributed by atoms with E-state index in [-0.39, 0.29) is 27.2 Å². The van der Waals surface area contributed by atoms with Crippen LogP contribution in [0.25, 0.3) is 0 Å². The van der Waals surface area contributed by atoms with Gasteiger partial charge in [0.25, 0.3) is 10.0 Å². The molecule has 3 rings (SSSR count). The number of unbranched alkanes of at least 4 members (excludes halogenated alkanes) is 1. The minimum Gasteiger partial charge on any atom is -0.497 e. The zero-order valence-electron chi connectivity index (χ0n) is 22.9. The zero-order valence-corrected chi connectivity index (χ0v) is 25.3. The van der Waals surface area contributed by atoms with Crippen LogP contribution in [0.1, 0.15) is 32.3 Å². The Bertz CT molecular complexity index is 1430. The van der Waals surface area contributed by atoms with Crippen molar-refractivity contribution in [2.75, 3.05) is 24.5 Å². The van der Waals surface area contributed by atoms with E-state index in [1.807, 2.05) is 6.92 Å². The quantitative estimate of drug-likeness (QED) is 0.248. The maximum Gasteiger partial charge on any atom is 0.264 e. The largest absolute Gasteiger partial charge is 0.497 e. The number of carbonyl (C=O) groups is 2. The average molecular weight is 625 g/mol. The van der Waals surface area contributed by atoms with Gasteiger partial charge >= 0.3 is 0 Å². The van der Waals surface area contributed by atoms with Crippen molar-refractivity contribution in [3.05, 3.63) is 88.2 Å². The molecule has 0 heterocycles. The predicted molar refractivity (Wildman–Crippen MR) is 158 cm³/mol. The van der Waals surface area contributed by atoms with E-state index in [4.69, 9.17) is 27.9 Å². The highest BCUT2D eigenvalue weighted by molar-refractivity contribution is 7.92. The Kier molecular flexibility index (Phi) is 11.4. The summed E-state index contributed by atoms with van der Waals surface area (Å²) in [7, 11) is -2.87. The summed E-state index contributed by atoms with van der Waals surface area (Å²) in [5.74, 6) is -1.24. The molecule has 0 aliphatic rings. The van der Waals surface area contributed by atoms with Crippen molar-refractivity contribution in [2.45, 2.75) is 44.2 Å². The molecule has 0 aromatic heterocycles. The Hall–Kier alpha value is -3.34. The molecular weight excluding hydrogens is 592 g/mol. The van der Waals surface area contributed by atoms with E-state index in [0.29, 0.717) is 17.9 Å². The number of benzene rings is 3. The van der Waals surface area contributed by atoms with Crippen LogP contribution in [0.3, 0.4) is 0 Å². The first-order valence-electron chi connectivity index (χ1n) is 12.9. The number of nitrogens with one attached hydrogen (secondary N) is 1. The summed E-state index contributed by atoms with van der Waals surface area (Å²) in [6.07, 6.45) is 1.61. The Morgan fingerprint density at radius 1 is 1.00 bits per heavy atom. The Labute approximate surface area is 250 Å². The molecule has 0 unspecified atom stereocenters. The van der Waals surface area contributed by atoms with E-state index >= 15 is 0 Å². The van der Waals surface area contributed by atoms with Crippen molar-refractivity contribution in [3.63, 3.8) is 0 Å². The second-order valence-corrected chi connectivity index (χ2v) is 11.9. The van der Waals surface area contributed by atoms with Crippen molar-refractivity contribution in [2.24, 2.45) is 0 Å². The fraction of sp³-hybridized carbons (Fsp3) is 0.310. The smallest absolute Gasteiger partial charge is 0.264 e. The highest BCUT2D eigenvalue weighted by Crippen LogP contribution is 2.29. The minimum absolute atomic E-state index is 0.0614. The third kappa shape index (κ3) is 8.12. The van der Waals surface area contributed by atoms with Gasteiger partial charge < -0.3 is 15.0 Å². The first kappa shape index (κ1) is 32.2. The molecule has 2 amide bonds. The van der Waals surface area contributed by atoms with Gasteiger partial charge in [-0.25, -0.2) is 12.8 Å². The van der Waals surface area contributed by atoms with Crippen molar-refractivity contribution in [1.82, 2.24) is 10.2 Å². The number of rotatable bonds is 13. The SMILES string of the molecule is CCCCNC(=O)[C@H](C)N(Cc1c(Cl)cccc1Cl)C(=O)CN(c1ccc(F)cc1)S(=O)(=O)c1ccc(OC)cc1. The molecule has 41 heavy (non-hydrogen) atoms. The molecule has 220 valence electrons. The maximum absolute atomic E-state index is 13.9. The van der Waals surface area contributed by atoms with Gasteiger partial charge in [0.05, 0.1) is 17.7 Å². The zero-order chi connectivity index (χ0) is 30.2. The summed E-state index contributed by atoms with van der Waals surface area (Å²) in [4.78, 5) is 28.1. The minimum atomic E-state index is -4.32. The van der Waals surface area contributed by atoms with Crippen LogP contribution in [0.5, 0.6) is 5.75 Å². The number of nitrogens with zero attached hydrogens (tertiary/aromatic N) is 2. The number of methoxy groups -OCH3 is 1. The third-order valence-electron chi connectivity index (χ3n) is 6.43. The molecule has 12 heteroatoms. The fourth-order valence-electron chi connectivity index (χ4n) is 3.98. The number of anilines is 1. The summed E-state index contributed by atoms with van der Waals surface area (Å²) in [5, 5.41) is 3.38. The van der Waals surface area contributed by atoms with Crippen LogP contribution in [0.2, 0.25) is 10.0 Å². The van der Waals surface area contributed by atoms with Crippen molar-refractivity contribution < 1.29 is 27.1 Å². The fourth-order valence-corrected chi connectivity index (χ4v) is 5.91. The van der Waals surface area contributed by atoms with Gasteiger partial charge in [-0.05, 0) is 74.0 Å². The summed E-state index contributed by atoms with van der Waals surface area (Å²) < 4.78 is 47.4. The van der Waals surface area contributed by atoms with Gasteiger partial charge in [0.2, 0.25) is 11.8 Å². The molecule has 0 saturated carbocycles. The molecule has 0 saturated heterocycles. The normalized spacial score (nSPS) is 12.0. The number of halogens is 3. The van der Waals surface area contributed by atoms with Gasteiger partial charge in [-0.1, -0.05) is 42.6 Å². The summed E-state index contributed by atoms with van der Waals surface area (Å²) >= 11 is 12.8. The lowest BCUT2D eigenvalue weighted by atomic mass is 10.1. The van der Waals surface area contributed by atoms with Gasteiger partial charge in [0.15, 0.2) is 0 Å². The molecule has 1 N–H and O–H groups in total.